The van der Waals surface area contributed by atoms with Crippen LogP contribution in [0.2, 0.25) is 0 Å². The molecule has 0 radical (unpaired) electrons. The molecule has 12 unspecified atom stereocenters. The zero-order valence-corrected chi connectivity index (χ0v) is 70.7. The Hall–Kier alpha value is -7.68. The third-order valence-corrected chi connectivity index (χ3v) is 24.5. The molecule has 4 aliphatic heterocycles. The monoisotopic (exact) mass is 1570 g/mol. The molecule has 4 N–H and O–H groups in total. The number of benzene rings is 4. The van der Waals surface area contributed by atoms with Gasteiger partial charge < -0.3 is 37.9 Å². The second-order valence-corrected chi connectivity index (χ2v) is 35.7. The van der Waals surface area contributed by atoms with Gasteiger partial charge in [0, 0.05) is 0 Å². The van der Waals surface area contributed by atoms with Gasteiger partial charge in [-0.15, -0.1) is 0 Å². The molecule has 4 aromatic rings. The zero-order valence-electron chi connectivity index (χ0n) is 70.7. The highest BCUT2D eigenvalue weighted by molar-refractivity contribution is 5.89. The van der Waals surface area contributed by atoms with Crippen molar-refractivity contribution in [2.75, 3.05) is 79.3 Å². The number of amides is 4. The molecule has 12 atom stereocenters. The molecule has 0 aromatic heterocycles. The summed E-state index contributed by atoms with van der Waals surface area (Å²) in [5, 5.41) is 0. The molecule has 0 bridgehead atoms. The summed E-state index contributed by atoms with van der Waals surface area (Å²) >= 11 is 0. The van der Waals surface area contributed by atoms with E-state index in [-0.39, 0.29) is 98.4 Å². The maximum absolute atomic E-state index is 14.8. The summed E-state index contributed by atoms with van der Waals surface area (Å²) in [5.41, 5.74) is 7.10. The quantitative estimate of drug-likeness (QED) is 0.0138. The molecule has 4 heterocycles. The molecule has 8 rings (SSSR count). The topological polar surface area (TPSA) is 309 Å². The van der Waals surface area contributed by atoms with Crippen molar-refractivity contribution in [3.05, 3.63) is 142 Å². The molecule has 4 aliphatic rings. The number of hydrogen-bond donors (Lipinski definition) is 4. The van der Waals surface area contributed by atoms with Crippen molar-refractivity contribution >= 4 is 47.5 Å². The van der Waals surface area contributed by atoms with Gasteiger partial charge in [-0.05, 0) is 203 Å². The lowest BCUT2D eigenvalue weighted by Crippen LogP contribution is -2.51. The Bertz CT molecular complexity index is 3430. The first-order valence-corrected chi connectivity index (χ1v) is 40.4. The van der Waals surface area contributed by atoms with Gasteiger partial charge in [0.2, 0.25) is 0 Å². The van der Waals surface area contributed by atoms with E-state index in [1.54, 1.807) is 55.4 Å². The van der Waals surface area contributed by atoms with Crippen LogP contribution in [0.25, 0.3) is 0 Å². The van der Waals surface area contributed by atoms with E-state index in [1.165, 1.54) is 0 Å². The van der Waals surface area contributed by atoms with Crippen molar-refractivity contribution in [1.82, 2.24) is 21.9 Å². The Kier molecular flexibility index (Phi) is 30.9. The number of carbonyl (C=O) groups excluding carboxylic acids is 8. The second-order valence-electron chi connectivity index (χ2n) is 35.7. The second kappa shape index (κ2) is 38.4. The van der Waals surface area contributed by atoms with Crippen molar-refractivity contribution in [3.63, 3.8) is 0 Å². The van der Waals surface area contributed by atoms with Crippen LogP contribution < -0.4 is 21.9 Å². The summed E-state index contributed by atoms with van der Waals surface area (Å²) in [7, 11) is 0. The minimum Gasteiger partial charge on any atom is -0.462 e. The molecule has 624 valence electrons. The Morgan fingerprint density at radius 3 is 0.690 bits per heavy atom. The van der Waals surface area contributed by atoms with Gasteiger partial charge in [0.1, 0.15) is 50.8 Å². The minimum absolute atomic E-state index is 0.0721. The smallest absolute Gasteiger partial charge is 0.311 e. The van der Waals surface area contributed by atoms with Crippen LogP contribution in [0.5, 0.6) is 0 Å². The molecular formula is C89H128N4O20. The predicted octanol–water partition coefficient (Wildman–Crippen LogP) is 13.5. The Labute approximate surface area is 669 Å². The van der Waals surface area contributed by atoms with E-state index >= 15 is 0 Å². The van der Waals surface area contributed by atoms with Crippen molar-refractivity contribution < 1.29 is 95.6 Å². The van der Waals surface area contributed by atoms with E-state index in [1.807, 2.05) is 180 Å². The number of esters is 4. The lowest BCUT2D eigenvalue weighted by Gasteiger charge is -2.34. The molecule has 4 fully saturated rings. The molecule has 24 heteroatoms. The lowest BCUT2D eigenvalue weighted by atomic mass is 9.76. The molecule has 4 aromatic carbocycles. The molecule has 24 nitrogen and oxygen atoms in total. The van der Waals surface area contributed by atoms with Gasteiger partial charge in [-0.1, -0.05) is 152 Å². The van der Waals surface area contributed by atoms with Gasteiger partial charge in [0.25, 0.3) is 23.6 Å². The number of epoxide rings is 4. The highest BCUT2D eigenvalue weighted by Gasteiger charge is 2.45. The predicted molar refractivity (Wildman–Crippen MR) is 425 cm³/mol. The van der Waals surface area contributed by atoms with Crippen LogP contribution in [-0.4, -0.2) is 151 Å². The van der Waals surface area contributed by atoms with E-state index in [2.05, 4.69) is 21.9 Å². The summed E-state index contributed by atoms with van der Waals surface area (Å²) in [5.74, 6) is -3.90. The molecule has 0 spiro atoms. The van der Waals surface area contributed by atoms with Gasteiger partial charge in [0.05, 0.1) is 102 Å². The molecule has 0 aliphatic carbocycles. The summed E-state index contributed by atoms with van der Waals surface area (Å²) in [4.78, 5) is 138. The van der Waals surface area contributed by atoms with Crippen LogP contribution in [0.3, 0.4) is 0 Å². The first-order valence-electron chi connectivity index (χ1n) is 40.4. The fraction of sp³-hybridized carbons (Fsp3) is 0.640. The van der Waals surface area contributed by atoms with Gasteiger partial charge in [-0.25, -0.2) is 21.9 Å². The van der Waals surface area contributed by atoms with Crippen molar-refractivity contribution in [1.29, 1.82) is 0 Å². The van der Waals surface area contributed by atoms with E-state index < -0.39 is 98.8 Å². The first kappa shape index (κ1) is 90.9. The zero-order chi connectivity index (χ0) is 83.1. The van der Waals surface area contributed by atoms with Gasteiger partial charge in [0.15, 0.2) is 0 Å². The van der Waals surface area contributed by atoms with Crippen molar-refractivity contribution in [2.24, 2.45) is 27.1 Å². The van der Waals surface area contributed by atoms with E-state index in [4.69, 9.17) is 57.2 Å². The number of nitrogens with one attached hydrogen (secondary N) is 4. The number of ether oxygens (including phenoxy) is 8. The summed E-state index contributed by atoms with van der Waals surface area (Å²) in [6.07, 6.45) is 3.79. The Balaban J connectivity index is 1.07. The minimum atomic E-state index is -1.64. The number of hydrogen-bond acceptors (Lipinski definition) is 20. The highest BCUT2D eigenvalue weighted by atomic mass is 16.7. The molecule has 113 heavy (non-hydrogen) atoms. The van der Waals surface area contributed by atoms with Crippen LogP contribution >= 0.6 is 0 Å². The summed E-state index contributed by atoms with van der Waals surface area (Å²) in [6, 6.07) is 30.5. The average molecular weight is 1570 g/mol. The molecule has 0 saturated carbocycles. The van der Waals surface area contributed by atoms with Gasteiger partial charge in [-0.3, -0.25) is 57.7 Å². The lowest BCUT2D eigenvalue weighted by molar-refractivity contribution is -0.179. The third-order valence-electron chi connectivity index (χ3n) is 24.5. The number of hydroxylamine groups is 4. The maximum atomic E-state index is 14.8. The largest absolute Gasteiger partial charge is 0.462 e. The Morgan fingerprint density at radius 1 is 0.336 bits per heavy atom. The standard InChI is InChI=1S/C89H128N4O20/c1-21-85(17,77(98)106-49-69-45-102-69)41-57(5)61-29-25-33-65(37-61)81(9,10)73(94)90-110-53-89(54-111-91-74(95)82(11,12)66-34-26-30-62(38-66)58(6)42-86(18,22-2)78(99)107-50-70-46-103-70,55-112-92-75(96)83(13,14)67-35-27-31-63(39-67)59(7)43-87(19,23-3)79(100)108-51-71-47-104-71)56-113-93-76(97)84(15,16)68-36-28-32-64(40-68)60(8)44-88(20,24-4)80(101)109-52-72-48-105-72/h25-40,57-60,69-72H,21-24,41-56H2,1-20H3,(H,90,94)(H,91,95)(H,92,96)(H,93,97). The summed E-state index contributed by atoms with van der Waals surface area (Å²) in [6.45, 7) is 38.8. The van der Waals surface area contributed by atoms with Crippen LogP contribution in [0.4, 0.5) is 0 Å². The van der Waals surface area contributed by atoms with Gasteiger partial charge >= 0.3 is 23.9 Å². The maximum Gasteiger partial charge on any atom is 0.311 e. The molecule has 4 amide bonds. The van der Waals surface area contributed by atoms with Crippen LogP contribution in [0.15, 0.2) is 97.1 Å². The van der Waals surface area contributed by atoms with Crippen molar-refractivity contribution in [2.45, 2.75) is 260 Å². The van der Waals surface area contributed by atoms with Gasteiger partial charge in [-0.2, -0.15) is 0 Å². The Morgan fingerprint density at radius 2 is 0.522 bits per heavy atom. The molecular weight excluding hydrogens is 1440 g/mol. The number of rotatable bonds is 48. The highest BCUT2D eigenvalue weighted by Crippen LogP contribution is 2.43. The van der Waals surface area contributed by atoms with E-state index in [9.17, 15) is 38.4 Å². The van der Waals surface area contributed by atoms with Crippen molar-refractivity contribution in [3.8, 4) is 0 Å². The molecule has 4 saturated heterocycles. The fourth-order valence-corrected chi connectivity index (χ4v) is 13.9. The number of carbonyl (C=O) groups is 8. The SMILES string of the molecule is CCC(C)(CC(C)c1cccc(C(C)(C)C(=O)NOCC(CONC(=O)C(C)(C)c2cccc(C(C)CC(C)(CC)C(=O)OCC3CO3)c2)(CONC(=O)C(C)(C)c2cccc(C(C)CC(C)(CC)C(=O)OCC3CO3)c2)CONC(=O)C(C)(C)c2cccc(C(C)CC(C)(CC)C(=O)OCC3CO3)c2)c1)C(=O)OCC1CO1. The van der Waals surface area contributed by atoms with Crippen LogP contribution in [-0.2, 0) is 117 Å². The normalized spacial score (nSPS) is 20.4. The average Bonchev–Trinajstić information content (AvgIpc) is 1.65. The fourth-order valence-electron chi connectivity index (χ4n) is 13.9. The van der Waals surface area contributed by atoms with Crippen LogP contribution in [0, 0.1) is 27.1 Å². The summed E-state index contributed by atoms with van der Waals surface area (Å²) < 4.78 is 43.9. The van der Waals surface area contributed by atoms with E-state index in [0.717, 1.165) is 22.3 Å². The van der Waals surface area contributed by atoms with E-state index in [0.29, 0.717) is 100 Å². The van der Waals surface area contributed by atoms with Crippen LogP contribution in [0.1, 0.15) is 258 Å². The first-order chi connectivity index (χ1) is 53.1. The third kappa shape index (κ3) is 24.2.